The number of amides is 6. The second-order valence-corrected chi connectivity index (χ2v) is 13.8. The Morgan fingerprint density at radius 1 is 0.684 bits per heavy atom. The zero-order chi connectivity index (χ0) is 40.6. The molecule has 3 aromatic rings. The number of alkyl carbamates (subject to hydrolysis) is 2. The van der Waals surface area contributed by atoms with Gasteiger partial charge in [-0.2, -0.15) is 0 Å². The summed E-state index contributed by atoms with van der Waals surface area (Å²) in [4.78, 5) is 86.8. The number of hydrogen-bond acceptors (Lipinski definition) is 11. The van der Waals surface area contributed by atoms with Gasteiger partial charge >= 0.3 is 30.3 Å². The van der Waals surface area contributed by atoms with E-state index in [-0.39, 0.29) is 83.9 Å². The average Bonchev–Trinajstić information content (AvgIpc) is 3.23. The normalized spacial score (nSPS) is 16.2. The van der Waals surface area contributed by atoms with Crippen LogP contribution in [0.25, 0.3) is 0 Å². The molecule has 57 heavy (non-hydrogen) atoms. The van der Waals surface area contributed by atoms with Crippen LogP contribution < -0.4 is 10.6 Å². The van der Waals surface area contributed by atoms with Crippen molar-refractivity contribution in [1.29, 1.82) is 0 Å². The monoisotopic (exact) mass is 784 g/mol. The minimum Gasteiger partial charge on any atom is -0.459 e. The molecular formula is C41H48N6O10. The Morgan fingerprint density at radius 3 is 1.65 bits per heavy atom. The number of rotatable bonds is 13. The highest BCUT2D eigenvalue weighted by Crippen LogP contribution is 2.33. The Hall–Kier alpha value is -6.45. The van der Waals surface area contributed by atoms with E-state index in [0.717, 1.165) is 21.6 Å². The van der Waals surface area contributed by atoms with E-state index in [1.54, 1.807) is 72.8 Å². The molecule has 16 nitrogen and oxygen atoms in total. The van der Waals surface area contributed by atoms with Gasteiger partial charge in [-0.3, -0.25) is 20.4 Å². The lowest BCUT2D eigenvalue weighted by Crippen LogP contribution is -2.69. The van der Waals surface area contributed by atoms with Crippen LogP contribution in [-0.2, 0) is 48.4 Å². The van der Waals surface area contributed by atoms with E-state index in [1.807, 2.05) is 32.0 Å². The number of aliphatic imine (C=N–C) groups is 1. The standard InChI is InChI=1S/C41H48N6O10/c1-29(2)25-57-41(53)46-23-21-45(22-24-46)40(52)47-34(36(49)54-26-30-13-6-3-7-14-30)33(35(47)48)19-12-20-42-37(43-38(50)55-27-31-15-8-4-9-16-31)44-39(51)56-28-32-17-10-5-11-18-32/h3-11,13-18,29,33-34H,12,19-28H2,1-2H3,(H2,42,43,44,50,51). The number of imide groups is 1. The molecule has 2 aliphatic heterocycles. The summed E-state index contributed by atoms with van der Waals surface area (Å²) in [6, 6.07) is 25.2. The van der Waals surface area contributed by atoms with Gasteiger partial charge in [0.2, 0.25) is 11.9 Å². The van der Waals surface area contributed by atoms with Crippen LogP contribution in [0.3, 0.4) is 0 Å². The van der Waals surface area contributed by atoms with Crippen molar-refractivity contribution in [2.24, 2.45) is 16.8 Å². The second kappa shape index (κ2) is 21.0. The molecule has 3 aromatic carbocycles. The SMILES string of the molecule is CC(C)COC(=O)N1CCN(C(=O)N2C(=O)C(CCCN=C(NC(=O)OCc3ccccc3)NC(=O)OCc3ccccc3)C2C(=O)OCc2ccccc2)CC1. The summed E-state index contributed by atoms with van der Waals surface area (Å²) in [6.07, 6.45) is -1.86. The first-order chi connectivity index (χ1) is 27.6. The summed E-state index contributed by atoms with van der Waals surface area (Å²) in [7, 11) is 0. The number of urea groups is 1. The van der Waals surface area contributed by atoms with Crippen molar-refractivity contribution in [1.82, 2.24) is 25.3 Å². The molecule has 2 heterocycles. The van der Waals surface area contributed by atoms with Crippen molar-refractivity contribution in [2.45, 2.75) is 52.6 Å². The summed E-state index contributed by atoms with van der Waals surface area (Å²) in [6.45, 7) is 4.74. The van der Waals surface area contributed by atoms with Gasteiger partial charge in [0.25, 0.3) is 0 Å². The number of ether oxygens (including phenoxy) is 4. The van der Waals surface area contributed by atoms with E-state index in [2.05, 4.69) is 15.6 Å². The van der Waals surface area contributed by atoms with Crippen LogP contribution in [0.1, 0.15) is 43.4 Å². The van der Waals surface area contributed by atoms with Crippen molar-refractivity contribution in [3.05, 3.63) is 108 Å². The molecule has 0 saturated carbocycles. The quantitative estimate of drug-likeness (QED) is 0.0592. The molecule has 0 radical (unpaired) electrons. The van der Waals surface area contributed by atoms with Crippen molar-refractivity contribution >= 4 is 42.1 Å². The number of benzene rings is 3. The molecule has 2 atom stereocenters. The molecule has 0 bridgehead atoms. The Bertz CT molecular complexity index is 1790. The van der Waals surface area contributed by atoms with E-state index in [4.69, 9.17) is 18.9 Å². The van der Waals surface area contributed by atoms with Crippen molar-refractivity contribution < 1.29 is 47.7 Å². The predicted octanol–water partition coefficient (Wildman–Crippen LogP) is 5.08. The Labute approximate surface area is 331 Å². The fraction of sp³-hybridized carbons (Fsp3) is 0.390. The second-order valence-electron chi connectivity index (χ2n) is 13.8. The van der Waals surface area contributed by atoms with Crippen molar-refractivity contribution in [3.63, 3.8) is 0 Å². The number of hydrogen-bond donors (Lipinski definition) is 2. The molecule has 0 aromatic heterocycles. The van der Waals surface area contributed by atoms with Crippen molar-refractivity contribution in [3.8, 4) is 0 Å². The van der Waals surface area contributed by atoms with Gasteiger partial charge in [0.05, 0.1) is 12.5 Å². The molecule has 16 heteroatoms. The molecule has 302 valence electrons. The summed E-state index contributed by atoms with van der Waals surface area (Å²) < 4.78 is 21.5. The van der Waals surface area contributed by atoms with Gasteiger partial charge in [-0.1, -0.05) is 105 Å². The topological polar surface area (TPSA) is 185 Å². The maximum atomic E-state index is 13.7. The van der Waals surface area contributed by atoms with Gasteiger partial charge in [-0.05, 0) is 35.4 Å². The van der Waals surface area contributed by atoms with Gasteiger partial charge in [-0.25, -0.2) is 28.9 Å². The minimum atomic E-state index is -1.19. The maximum absolute atomic E-state index is 13.7. The van der Waals surface area contributed by atoms with Gasteiger partial charge in [0.1, 0.15) is 19.8 Å². The van der Waals surface area contributed by atoms with E-state index in [9.17, 15) is 28.8 Å². The molecule has 2 saturated heterocycles. The molecule has 2 unspecified atom stereocenters. The summed E-state index contributed by atoms with van der Waals surface area (Å²) in [5, 5.41) is 4.85. The molecule has 5 rings (SSSR count). The maximum Gasteiger partial charge on any atom is 0.414 e. The Balaban J connectivity index is 1.21. The van der Waals surface area contributed by atoms with E-state index in [1.165, 1.54) is 9.80 Å². The highest BCUT2D eigenvalue weighted by molar-refractivity contribution is 6.08. The molecule has 0 spiro atoms. The lowest BCUT2D eigenvalue weighted by molar-refractivity contribution is -0.171. The molecule has 2 aliphatic rings. The highest BCUT2D eigenvalue weighted by atomic mass is 16.6. The number of esters is 1. The first-order valence-electron chi connectivity index (χ1n) is 18.8. The first kappa shape index (κ1) is 41.7. The number of nitrogens with zero attached hydrogens (tertiary/aromatic N) is 4. The number of likely N-dealkylation sites (tertiary alicyclic amines) is 1. The number of β-lactam (4-membered cyclic amide) rings is 1. The van der Waals surface area contributed by atoms with Crippen LogP contribution in [0.4, 0.5) is 19.2 Å². The van der Waals surface area contributed by atoms with Crippen LogP contribution in [0.15, 0.2) is 96.0 Å². The lowest BCUT2D eigenvalue weighted by Gasteiger charge is -2.46. The minimum absolute atomic E-state index is 0.00560. The lowest BCUT2D eigenvalue weighted by atomic mass is 9.83. The third-order valence-corrected chi connectivity index (χ3v) is 9.04. The molecule has 6 amide bonds. The van der Waals surface area contributed by atoms with Crippen molar-refractivity contribution in [2.75, 3.05) is 39.3 Å². The number of piperazine rings is 1. The van der Waals surface area contributed by atoms with Crippen LogP contribution in [0, 0.1) is 11.8 Å². The largest absolute Gasteiger partial charge is 0.459 e. The molecular weight excluding hydrogens is 736 g/mol. The fourth-order valence-electron chi connectivity index (χ4n) is 6.01. The van der Waals surface area contributed by atoms with Gasteiger partial charge in [-0.15, -0.1) is 0 Å². The third kappa shape index (κ3) is 12.5. The van der Waals surface area contributed by atoms with Crippen LogP contribution in [0.2, 0.25) is 0 Å². The summed E-state index contributed by atoms with van der Waals surface area (Å²) in [5.74, 6) is -2.24. The van der Waals surface area contributed by atoms with Crippen LogP contribution >= 0.6 is 0 Å². The average molecular weight is 785 g/mol. The summed E-state index contributed by atoms with van der Waals surface area (Å²) in [5.41, 5.74) is 2.23. The Morgan fingerprint density at radius 2 is 1.16 bits per heavy atom. The van der Waals surface area contributed by atoms with E-state index in [0.29, 0.717) is 0 Å². The van der Waals surface area contributed by atoms with Gasteiger partial charge in [0.15, 0.2) is 6.04 Å². The van der Waals surface area contributed by atoms with Gasteiger partial charge < -0.3 is 28.7 Å². The molecule has 2 fully saturated rings. The zero-order valence-corrected chi connectivity index (χ0v) is 32.0. The zero-order valence-electron chi connectivity index (χ0n) is 32.0. The fourth-order valence-corrected chi connectivity index (χ4v) is 6.01. The number of carbonyl (C=O) groups excluding carboxylic acids is 6. The number of carbonyl (C=O) groups is 6. The van der Waals surface area contributed by atoms with Crippen LogP contribution in [-0.4, -0.2) is 102 Å². The number of guanidine groups is 1. The van der Waals surface area contributed by atoms with E-state index < -0.39 is 48.1 Å². The Kier molecular flexibility index (Phi) is 15.4. The molecule has 2 N–H and O–H groups in total. The number of nitrogens with one attached hydrogen (secondary N) is 2. The molecule has 0 aliphatic carbocycles. The third-order valence-electron chi connectivity index (χ3n) is 9.04. The van der Waals surface area contributed by atoms with Gasteiger partial charge in [0, 0.05) is 32.7 Å². The first-order valence-corrected chi connectivity index (χ1v) is 18.8. The van der Waals surface area contributed by atoms with E-state index >= 15 is 0 Å². The highest BCUT2D eigenvalue weighted by Gasteiger charge is 2.56. The summed E-state index contributed by atoms with van der Waals surface area (Å²) >= 11 is 0. The smallest absolute Gasteiger partial charge is 0.414 e. The van der Waals surface area contributed by atoms with Crippen LogP contribution in [0.5, 0.6) is 0 Å². The predicted molar refractivity (Wildman–Crippen MR) is 206 cm³/mol.